The predicted octanol–water partition coefficient (Wildman–Crippen LogP) is 4.83. The minimum absolute atomic E-state index is 0.0281. The average molecular weight is 442 g/mol. The highest BCUT2D eigenvalue weighted by Crippen LogP contribution is 2.25. The lowest BCUT2D eigenvalue weighted by atomic mass is 9.87. The standard InChI is InChI=1S/C23H24ClN3O2S/c1-15-9-11-17(12-10-15)25-21(28)14-30-23-26-20-8-3-2-7-19(20)22(29)27(23)18-6-4-5-16(24)13-18/h2-8,13,15,17H,9-12,14H2,1H3,(H,25,28). The van der Waals surface area contributed by atoms with Crippen molar-refractivity contribution in [2.45, 2.75) is 43.8 Å². The topological polar surface area (TPSA) is 64.0 Å². The Bertz CT molecular complexity index is 1120. The zero-order valence-electron chi connectivity index (χ0n) is 16.8. The maximum atomic E-state index is 13.2. The Morgan fingerprint density at radius 1 is 1.17 bits per heavy atom. The van der Waals surface area contributed by atoms with Crippen molar-refractivity contribution in [1.29, 1.82) is 0 Å². The van der Waals surface area contributed by atoms with E-state index in [0.29, 0.717) is 26.8 Å². The fraction of sp³-hybridized carbons (Fsp3) is 0.348. The molecule has 5 nitrogen and oxygen atoms in total. The van der Waals surface area contributed by atoms with Crippen molar-refractivity contribution >= 4 is 40.2 Å². The summed E-state index contributed by atoms with van der Waals surface area (Å²) in [5.41, 5.74) is 1.08. The number of carbonyl (C=O) groups is 1. The summed E-state index contributed by atoms with van der Waals surface area (Å²) in [4.78, 5) is 30.4. The molecule has 1 aromatic heterocycles. The summed E-state index contributed by atoms with van der Waals surface area (Å²) in [6.45, 7) is 2.26. The summed E-state index contributed by atoms with van der Waals surface area (Å²) in [5, 5.41) is 4.68. The molecule has 0 unspecified atom stereocenters. The summed E-state index contributed by atoms with van der Waals surface area (Å²) in [6.07, 6.45) is 4.36. The molecule has 7 heteroatoms. The maximum Gasteiger partial charge on any atom is 0.266 e. The lowest BCUT2D eigenvalue weighted by Gasteiger charge is -2.26. The second kappa shape index (κ2) is 9.23. The van der Waals surface area contributed by atoms with Crippen LogP contribution in [0.2, 0.25) is 5.02 Å². The molecule has 1 aliphatic rings. The highest BCUT2D eigenvalue weighted by molar-refractivity contribution is 7.99. The highest BCUT2D eigenvalue weighted by Gasteiger charge is 2.20. The van der Waals surface area contributed by atoms with Gasteiger partial charge in [0.05, 0.1) is 22.3 Å². The number of hydrogen-bond donors (Lipinski definition) is 1. The number of halogens is 1. The SMILES string of the molecule is CC1CCC(NC(=O)CSc2nc3ccccc3c(=O)n2-c2cccc(Cl)c2)CC1. The molecular weight excluding hydrogens is 418 g/mol. The molecule has 0 radical (unpaired) electrons. The summed E-state index contributed by atoms with van der Waals surface area (Å²) in [6, 6.07) is 14.6. The van der Waals surface area contributed by atoms with Crippen molar-refractivity contribution in [2.24, 2.45) is 5.92 Å². The number of aromatic nitrogens is 2. The molecule has 0 atom stereocenters. The number of carbonyl (C=O) groups excluding carboxylic acids is 1. The van der Waals surface area contributed by atoms with Gasteiger partial charge in [-0.3, -0.25) is 14.2 Å². The van der Waals surface area contributed by atoms with Gasteiger partial charge in [-0.25, -0.2) is 4.98 Å². The zero-order valence-corrected chi connectivity index (χ0v) is 18.4. The smallest absolute Gasteiger partial charge is 0.266 e. The lowest BCUT2D eigenvalue weighted by Crippen LogP contribution is -2.38. The van der Waals surface area contributed by atoms with Crippen LogP contribution in [0.1, 0.15) is 32.6 Å². The van der Waals surface area contributed by atoms with Crippen LogP contribution in [0.4, 0.5) is 0 Å². The van der Waals surface area contributed by atoms with E-state index in [1.54, 1.807) is 24.3 Å². The van der Waals surface area contributed by atoms with E-state index in [4.69, 9.17) is 11.6 Å². The van der Waals surface area contributed by atoms with Gasteiger partial charge in [0.1, 0.15) is 0 Å². The fourth-order valence-electron chi connectivity index (χ4n) is 3.86. The van der Waals surface area contributed by atoms with E-state index in [1.165, 1.54) is 16.3 Å². The largest absolute Gasteiger partial charge is 0.353 e. The molecule has 0 bridgehead atoms. The third kappa shape index (κ3) is 4.71. The van der Waals surface area contributed by atoms with Crippen LogP contribution in [0.25, 0.3) is 16.6 Å². The van der Waals surface area contributed by atoms with Gasteiger partial charge in [0.25, 0.3) is 5.56 Å². The molecular formula is C23H24ClN3O2S. The van der Waals surface area contributed by atoms with Crippen LogP contribution in [0.5, 0.6) is 0 Å². The number of amides is 1. The Morgan fingerprint density at radius 2 is 1.93 bits per heavy atom. The number of nitrogens with one attached hydrogen (secondary N) is 1. The minimum atomic E-state index is -0.174. The molecule has 4 rings (SSSR count). The number of hydrogen-bond acceptors (Lipinski definition) is 4. The molecule has 156 valence electrons. The van der Waals surface area contributed by atoms with Gasteiger partial charge in [-0.05, 0) is 61.9 Å². The minimum Gasteiger partial charge on any atom is -0.353 e. The van der Waals surface area contributed by atoms with E-state index in [9.17, 15) is 9.59 Å². The van der Waals surface area contributed by atoms with Gasteiger partial charge in [-0.1, -0.05) is 48.5 Å². The maximum absolute atomic E-state index is 13.2. The van der Waals surface area contributed by atoms with Crippen LogP contribution >= 0.6 is 23.4 Å². The Hall–Kier alpha value is -2.31. The molecule has 2 aromatic carbocycles. The number of para-hydroxylation sites is 1. The Labute approximate surface area is 184 Å². The summed E-state index contributed by atoms with van der Waals surface area (Å²) in [5.74, 6) is 0.915. The van der Waals surface area contributed by atoms with Crippen LogP contribution in [0.3, 0.4) is 0 Å². The van der Waals surface area contributed by atoms with Crippen LogP contribution in [-0.4, -0.2) is 27.3 Å². The van der Waals surface area contributed by atoms with Gasteiger partial charge in [0.15, 0.2) is 5.16 Å². The van der Waals surface area contributed by atoms with Gasteiger partial charge < -0.3 is 5.32 Å². The molecule has 30 heavy (non-hydrogen) atoms. The fourth-order valence-corrected chi connectivity index (χ4v) is 4.86. The first-order valence-electron chi connectivity index (χ1n) is 10.2. The van der Waals surface area contributed by atoms with Gasteiger partial charge in [0, 0.05) is 11.1 Å². The summed E-state index contributed by atoms with van der Waals surface area (Å²) >= 11 is 7.43. The van der Waals surface area contributed by atoms with Crippen LogP contribution in [-0.2, 0) is 4.79 Å². The number of nitrogens with zero attached hydrogens (tertiary/aromatic N) is 2. The van der Waals surface area contributed by atoms with E-state index in [1.807, 2.05) is 24.3 Å². The third-order valence-corrected chi connectivity index (χ3v) is 6.70. The van der Waals surface area contributed by atoms with Crippen molar-refractivity contribution < 1.29 is 4.79 Å². The Balaban J connectivity index is 1.60. The lowest BCUT2D eigenvalue weighted by molar-refractivity contribution is -0.119. The first-order chi connectivity index (χ1) is 14.5. The van der Waals surface area contributed by atoms with E-state index < -0.39 is 0 Å². The van der Waals surface area contributed by atoms with Crippen molar-refractivity contribution in [3.8, 4) is 5.69 Å². The van der Waals surface area contributed by atoms with Crippen LogP contribution < -0.4 is 10.9 Å². The number of fused-ring (bicyclic) bond motifs is 1. The van der Waals surface area contributed by atoms with Gasteiger partial charge in [-0.2, -0.15) is 0 Å². The summed E-state index contributed by atoms with van der Waals surface area (Å²) in [7, 11) is 0. The molecule has 1 aliphatic carbocycles. The summed E-state index contributed by atoms with van der Waals surface area (Å²) < 4.78 is 1.54. The van der Waals surface area contributed by atoms with Crippen molar-refractivity contribution in [3.05, 3.63) is 63.9 Å². The quantitative estimate of drug-likeness (QED) is 0.455. The molecule has 3 aromatic rings. The predicted molar refractivity (Wildman–Crippen MR) is 123 cm³/mol. The molecule has 0 saturated heterocycles. The van der Waals surface area contributed by atoms with E-state index >= 15 is 0 Å². The number of thioether (sulfide) groups is 1. The van der Waals surface area contributed by atoms with Gasteiger partial charge in [-0.15, -0.1) is 0 Å². The number of benzene rings is 2. The van der Waals surface area contributed by atoms with Crippen molar-refractivity contribution in [3.63, 3.8) is 0 Å². The first kappa shape index (κ1) is 20.9. The van der Waals surface area contributed by atoms with E-state index in [2.05, 4.69) is 17.2 Å². The second-order valence-corrected chi connectivity index (χ2v) is 9.22. The highest BCUT2D eigenvalue weighted by atomic mass is 35.5. The van der Waals surface area contributed by atoms with E-state index in [-0.39, 0.29) is 23.3 Å². The third-order valence-electron chi connectivity index (χ3n) is 5.52. The van der Waals surface area contributed by atoms with Crippen molar-refractivity contribution in [1.82, 2.24) is 14.9 Å². The molecule has 1 heterocycles. The second-order valence-electron chi connectivity index (χ2n) is 7.84. The molecule has 1 saturated carbocycles. The molecule has 0 aliphatic heterocycles. The molecule has 1 amide bonds. The first-order valence-corrected chi connectivity index (χ1v) is 11.6. The molecule has 1 fully saturated rings. The Morgan fingerprint density at radius 3 is 2.70 bits per heavy atom. The van der Waals surface area contributed by atoms with Gasteiger partial charge >= 0.3 is 0 Å². The van der Waals surface area contributed by atoms with Crippen molar-refractivity contribution in [2.75, 3.05) is 5.75 Å². The van der Waals surface area contributed by atoms with Crippen LogP contribution in [0, 0.1) is 5.92 Å². The zero-order chi connectivity index (χ0) is 21.1. The monoisotopic (exact) mass is 441 g/mol. The molecule has 0 spiro atoms. The van der Waals surface area contributed by atoms with E-state index in [0.717, 1.165) is 31.6 Å². The van der Waals surface area contributed by atoms with Crippen LogP contribution in [0.15, 0.2) is 58.5 Å². The number of rotatable bonds is 5. The van der Waals surface area contributed by atoms with Gasteiger partial charge in [0.2, 0.25) is 5.91 Å². The Kier molecular flexibility index (Phi) is 6.44. The molecule has 1 N–H and O–H groups in total. The normalized spacial score (nSPS) is 19.0. The average Bonchev–Trinajstić information content (AvgIpc) is 2.74.